The molecule has 0 bridgehead atoms. The van der Waals surface area contributed by atoms with Crippen LogP contribution >= 0.6 is 0 Å². The summed E-state index contributed by atoms with van der Waals surface area (Å²) in [6.07, 6.45) is 2.55. The summed E-state index contributed by atoms with van der Waals surface area (Å²) < 4.78 is 0. The largest absolute Gasteiger partial charge is 0.508 e. The predicted octanol–water partition coefficient (Wildman–Crippen LogP) is 2.21. The van der Waals surface area contributed by atoms with Crippen LogP contribution in [0.25, 0.3) is 0 Å². The summed E-state index contributed by atoms with van der Waals surface area (Å²) >= 11 is 0. The molecular formula is C16H13NO4. The van der Waals surface area contributed by atoms with Crippen LogP contribution in [-0.2, 0) is 9.59 Å². The molecule has 2 aromatic rings. The van der Waals surface area contributed by atoms with Crippen LogP contribution in [0, 0.1) is 0 Å². The highest BCUT2D eigenvalue weighted by Gasteiger charge is 2.24. The number of hydrogen-bond donors (Lipinski definition) is 2. The first-order valence-corrected chi connectivity index (χ1v) is 6.17. The van der Waals surface area contributed by atoms with Gasteiger partial charge in [0, 0.05) is 12.2 Å². The number of rotatable bonds is 1. The molecule has 2 aromatic carbocycles. The molecule has 0 saturated carbocycles. The van der Waals surface area contributed by atoms with Crippen molar-refractivity contribution in [2.75, 3.05) is 4.90 Å². The first-order chi connectivity index (χ1) is 10.1. The summed E-state index contributed by atoms with van der Waals surface area (Å²) in [6, 6.07) is 14.6. The van der Waals surface area contributed by atoms with E-state index < -0.39 is 0 Å². The van der Waals surface area contributed by atoms with Gasteiger partial charge in [0.15, 0.2) is 0 Å². The lowest BCUT2D eigenvalue weighted by molar-refractivity contribution is -0.119. The second kappa shape index (κ2) is 6.38. The van der Waals surface area contributed by atoms with E-state index in [1.165, 1.54) is 36.4 Å². The van der Waals surface area contributed by atoms with E-state index in [1.807, 2.05) is 6.07 Å². The minimum atomic E-state index is -0.281. The molecule has 0 aromatic heterocycles. The molecule has 0 spiro atoms. The van der Waals surface area contributed by atoms with Gasteiger partial charge in [0.1, 0.15) is 11.5 Å². The van der Waals surface area contributed by atoms with Crippen molar-refractivity contribution in [1.82, 2.24) is 0 Å². The van der Waals surface area contributed by atoms with Gasteiger partial charge in [0.05, 0.1) is 5.69 Å². The number of phenolic OH excluding ortho intramolecular Hbond substituents is 2. The first-order valence-electron chi connectivity index (χ1n) is 6.17. The number of imide groups is 1. The van der Waals surface area contributed by atoms with Crippen LogP contribution in [0.2, 0.25) is 0 Å². The first kappa shape index (κ1) is 14.3. The number of anilines is 1. The number of hydrogen-bond acceptors (Lipinski definition) is 4. The van der Waals surface area contributed by atoms with Crippen molar-refractivity contribution in [3.63, 3.8) is 0 Å². The average Bonchev–Trinajstić information content (AvgIpc) is 2.83. The third-order valence-electron chi connectivity index (χ3n) is 2.67. The fourth-order valence-electron chi connectivity index (χ4n) is 1.68. The Morgan fingerprint density at radius 3 is 1.52 bits per heavy atom. The highest BCUT2D eigenvalue weighted by Crippen LogP contribution is 2.17. The molecule has 5 heteroatoms. The summed E-state index contributed by atoms with van der Waals surface area (Å²) in [4.78, 5) is 23.5. The topological polar surface area (TPSA) is 77.8 Å². The lowest BCUT2D eigenvalue weighted by atomic mass is 10.3. The van der Waals surface area contributed by atoms with Gasteiger partial charge < -0.3 is 10.2 Å². The molecule has 0 saturated heterocycles. The number of carbonyl (C=O) groups excluding carboxylic acids is 2. The van der Waals surface area contributed by atoms with Crippen molar-refractivity contribution in [3.8, 4) is 11.5 Å². The highest BCUT2D eigenvalue weighted by atomic mass is 16.3. The van der Waals surface area contributed by atoms with E-state index in [4.69, 9.17) is 10.2 Å². The van der Waals surface area contributed by atoms with E-state index in [1.54, 1.807) is 24.3 Å². The van der Waals surface area contributed by atoms with Crippen LogP contribution in [0.3, 0.4) is 0 Å². The zero-order valence-electron chi connectivity index (χ0n) is 11.0. The summed E-state index contributed by atoms with van der Waals surface area (Å²) in [7, 11) is 0. The summed E-state index contributed by atoms with van der Waals surface area (Å²) in [5.74, 6) is -0.224. The van der Waals surface area contributed by atoms with Crippen LogP contribution in [-0.4, -0.2) is 22.0 Å². The fraction of sp³-hybridized carbons (Fsp3) is 0. The smallest absolute Gasteiger partial charge is 0.258 e. The van der Waals surface area contributed by atoms with Gasteiger partial charge in [-0.1, -0.05) is 18.2 Å². The standard InChI is InChI=1S/C10H7NO2.C6H6O2/c12-9-6-7-10(13)11(9)8-4-2-1-3-5-8;7-5-1-2-6(8)4-3-5/h1-7H;1-4,7-8H. The van der Waals surface area contributed by atoms with Gasteiger partial charge in [-0.2, -0.15) is 0 Å². The van der Waals surface area contributed by atoms with E-state index in [9.17, 15) is 9.59 Å². The van der Waals surface area contributed by atoms with Crippen LogP contribution in [0.15, 0.2) is 66.7 Å². The van der Waals surface area contributed by atoms with E-state index in [0.717, 1.165) is 4.90 Å². The molecular weight excluding hydrogens is 270 g/mol. The Hall–Kier alpha value is -3.08. The zero-order valence-corrected chi connectivity index (χ0v) is 11.0. The van der Waals surface area contributed by atoms with Gasteiger partial charge in [-0.05, 0) is 36.4 Å². The number of carbonyl (C=O) groups is 2. The molecule has 0 unspecified atom stereocenters. The summed E-state index contributed by atoms with van der Waals surface area (Å²) in [5, 5.41) is 17.3. The van der Waals surface area contributed by atoms with Crippen LogP contribution in [0.4, 0.5) is 5.69 Å². The van der Waals surface area contributed by atoms with Crippen LogP contribution in [0.5, 0.6) is 11.5 Å². The number of amides is 2. The number of aromatic hydroxyl groups is 2. The van der Waals surface area contributed by atoms with Crippen molar-refractivity contribution in [2.45, 2.75) is 0 Å². The van der Waals surface area contributed by atoms with E-state index in [0.29, 0.717) is 5.69 Å². The van der Waals surface area contributed by atoms with Crippen molar-refractivity contribution in [1.29, 1.82) is 0 Å². The number of phenols is 2. The molecule has 3 rings (SSSR count). The van der Waals surface area contributed by atoms with Crippen molar-refractivity contribution >= 4 is 17.5 Å². The molecule has 0 aliphatic carbocycles. The predicted molar refractivity (Wildman–Crippen MR) is 77.8 cm³/mol. The SMILES string of the molecule is O=C1C=CC(=O)N1c1ccccc1.Oc1ccc(O)cc1. The molecule has 106 valence electrons. The second-order valence-corrected chi connectivity index (χ2v) is 4.20. The quantitative estimate of drug-likeness (QED) is 0.621. The zero-order chi connectivity index (χ0) is 15.2. The Balaban J connectivity index is 0.000000173. The molecule has 1 heterocycles. The molecule has 0 fully saturated rings. The fourth-order valence-corrected chi connectivity index (χ4v) is 1.68. The van der Waals surface area contributed by atoms with Crippen LogP contribution < -0.4 is 4.90 Å². The molecule has 5 nitrogen and oxygen atoms in total. The normalized spacial score (nSPS) is 13.0. The minimum absolute atomic E-state index is 0.169. The van der Waals surface area contributed by atoms with Crippen molar-refractivity contribution in [2.24, 2.45) is 0 Å². The number of para-hydroxylation sites is 1. The van der Waals surface area contributed by atoms with Gasteiger partial charge in [0.25, 0.3) is 11.8 Å². The summed E-state index contributed by atoms with van der Waals surface area (Å²) in [5.41, 5.74) is 0.613. The molecule has 2 amide bonds. The molecule has 2 N–H and O–H groups in total. The van der Waals surface area contributed by atoms with E-state index >= 15 is 0 Å². The average molecular weight is 283 g/mol. The maximum atomic E-state index is 11.2. The molecule has 1 aliphatic heterocycles. The molecule has 1 aliphatic rings. The Morgan fingerprint density at radius 2 is 1.10 bits per heavy atom. The lowest BCUT2D eigenvalue weighted by Crippen LogP contribution is -2.29. The Bertz CT molecular complexity index is 623. The number of benzene rings is 2. The number of nitrogens with zero attached hydrogens (tertiary/aromatic N) is 1. The maximum Gasteiger partial charge on any atom is 0.258 e. The lowest BCUT2D eigenvalue weighted by Gasteiger charge is -2.12. The third-order valence-corrected chi connectivity index (χ3v) is 2.67. The molecule has 0 atom stereocenters. The van der Waals surface area contributed by atoms with Crippen molar-refractivity contribution in [3.05, 3.63) is 66.7 Å². The van der Waals surface area contributed by atoms with Gasteiger partial charge >= 0.3 is 0 Å². The molecule has 21 heavy (non-hydrogen) atoms. The monoisotopic (exact) mass is 283 g/mol. The van der Waals surface area contributed by atoms with Gasteiger partial charge in [0.2, 0.25) is 0 Å². The third kappa shape index (κ3) is 3.70. The highest BCUT2D eigenvalue weighted by molar-refractivity contribution is 6.28. The Labute approximate surface area is 121 Å². The minimum Gasteiger partial charge on any atom is -0.508 e. The second-order valence-electron chi connectivity index (χ2n) is 4.20. The van der Waals surface area contributed by atoms with Crippen molar-refractivity contribution < 1.29 is 19.8 Å². The summed E-state index contributed by atoms with van der Waals surface area (Å²) in [6.45, 7) is 0. The van der Waals surface area contributed by atoms with Gasteiger partial charge in [-0.15, -0.1) is 0 Å². The molecule has 0 radical (unpaired) electrons. The van der Waals surface area contributed by atoms with Gasteiger partial charge in [-0.25, -0.2) is 4.90 Å². The van der Waals surface area contributed by atoms with E-state index in [-0.39, 0.29) is 23.3 Å². The Kier molecular flexibility index (Phi) is 4.36. The van der Waals surface area contributed by atoms with E-state index in [2.05, 4.69) is 0 Å². The van der Waals surface area contributed by atoms with Gasteiger partial charge in [-0.3, -0.25) is 9.59 Å². The van der Waals surface area contributed by atoms with Crippen LogP contribution in [0.1, 0.15) is 0 Å². The maximum absolute atomic E-state index is 11.2. The Morgan fingerprint density at radius 1 is 0.667 bits per heavy atom.